The Morgan fingerprint density at radius 1 is 0.854 bits per heavy atom. The van der Waals surface area contributed by atoms with Crippen LogP contribution in [0, 0.1) is 44.8 Å². The van der Waals surface area contributed by atoms with Gasteiger partial charge in [0.2, 0.25) is 0 Å². The van der Waals surface area contributed by atoms with Gasteiger partial charge in [-0.25, -0.2) is 0 Å². The zero-order valence-corrected chi connectivity index (χ0v) is 29.7. The van der Waals surface area contributed by atoms with Crippen LogP contribution in [0.3, 0.4) is 0 Å². The van der Waals surface area contributed by atoms with Gasteiger partial charge < -0.3 is 49.2 Å². The highest BCUT2D eigenvalue weighted by molar-refractivity contribution is 5.66. The van der Waals surface area contributed by atoms with Gasteiger partial charge in [0.15, 0.2) is 12.1 Å². The Bertz CT molecular complexity index is 1350. The van der Waals surface area contributed by atoms with E-state index in [1.54, 1.807) is 13.8 Å². The van der Waals surface area contributed by atoms with Crippen LogP contribution in [-0.4, -0.2) is 105 Å². The normalized spacial score (nSPS) is 58.1. The second kappa shape index (κ2) is 10.2. The predicted octanol–water partition coefficient (Wildman–Crippen LogP) is 2.81. The average Bonchev–Trinajstić information content (AvgIpc) is 3.50. The van der Waals surface area contributed by atoms with Crippen molar-refractivity contribution in [3.63, 3.8) is 0 Å². The van der Waals surface area contributed by atoms with E-state index in [-0.39, 0.29) is 40.8 Å². The predicted molar refractivity (Wildman–Crippen MR) is 170 cm³/mol. The SMILES string of the molecule is CC(=O)O[C@H]1[C@@H](O)[C@@]2(C)[C@@H]3CC[C@H]4C(C)(C)[C@@H](O[C@@H]5OC[C@@H](O)[C@H](O)[C@H]5O)CC[C@@]45C[C@@]35CC[C@@]23CO[C@@]2(C(C)(C)O)CC[C@](C)(O2)[C@@H]13. The van der Waals surface area contributed by atoms with Crippen molar-refractivity contribution in [2.75, 3.05) is 13.2 Å². The summed E-state index contributed by atoms with van der Waals surface area (Å²) in [6.45, 7) is 14.0. The Morgan fingerprint density at radius 3 is 2.21 bits per heavy atom. The first-order valence-electron chi connectivity index (χ1n) is 18.5. The zero-order chi connectivity index (χ0) is 34.7. The van der Waals surface area contributed by atoms with E-state index in [2.05, 4.69) is 27.7 Å². The van der Waals surface area contributed by atoms with E-state index < -0.39 is 70.6 Å². The van der Waals surface area contributed by atoms with E-state index in [0.29, 0.717) is 25.4 Å². The lowest BCUT2D eigenvalue weighted by Crippen LogP contribution is -2.63. The summed E-state index contributed by atoms with van der Waals surface area (Å²) >= 11 is 0. The second-order valence-corrected chi connectivity index (χ2v) is 18.9. The molecule has 5 saturated carbocycles. The number of carbonyl (C=O) groups is 1. The van der Waals surface area contributed by atoms with E-state index in [1.165, 1.54) is 6.92 Å². The van der Waals surface area contributed by atoms with Gasteiger partial charge in [-0.15, -0.1) is 0 Å². The number of hydrogen-bond donors (Lipinski definition) is 5. The number of rotatable bonds is 4. The van der Waals surface area contributed by atoms with Crippen LogP contribution in [0.2, 0.25) is 0 Å². The Kier molecular flexibility index (Phi) is 7.24. The van der Waals surface area contributed by atoms with Gasteiger partial charge in [0.25, 0.3) is 0 Å². The minimum Gasteiger partial charge on any atom is -0.459 e. The molecule has 8 aliphatic rings. The fourth-order valence-electron chi connectivity index (χ4n) is 14.1. The summed E-state index contributed by atoms with van der Waals surface area (Å²) in [6.07, 6.45) is 1.09. The first-order chi connectivity index (χ1) is 22.3. The van der Waals surface area contributed by atoms with Crippen molar-refractivity contribution >= 4 is 5.97 Å². The molecule has 0 aromatic heterocycles. The van der Waals surface area contributed by atoms with Crippen LogP contribution in [-0.2, 0) is 28.5 Å². The van der Waals surface area contributed by atoms with Gasteiger partial charge in [-0.1, -0.05) is 20.8 Å². The number of hydrogen-bond acceptors (Lipinski definition) is 11. The highest BCUT2D eigenvalue weighted by Gasteiger charge is 2.87. The van der Waals surface area contributed by atoms with Crippen molar-refractivity contribution in [1.29, 1.82) is 0 Å². The molecule has 16 atom stereocenters. The molecule has 3 heterocycles. The van der Waals surface area contributed by atoms with Gasteiger partial charge in [0.05, 0.1) is 31.0 Å². The zero-order valence-electron chi connectivity index (χ0n) is 29.7. The van der Waals surface area contributed by atoms with Gasteiger partial charge in [-0.2, -0.15) is 0 Å². The van der Waals surface area contributed by atoms with E-state index in [1.807, 2.05) is 0 Å². The van der Waals surface area contributed by atoms with Gasteiger partial charge >= 0.3 is 5.97 Å². The maximum absolute atomic E-state index is 12.7. The van der Waals surface area contributed by atoms with Crippen LogP contribution in [0.1, 0.15) is 106 Å². The molecule has 0 amide bonds. The molecule has 0 unspecified atom stereocenters. The molecule has 11 nitrogen and oxygen atoms in total. The summed E-state index contributed by atoms with van der Waals surface area (Å²) in [7, 11) is 0. The molecular weight excluding hydrogens is 620 g/mol. The van der Waals surface area contributed by atoms with Crippen molar-refractivity contribution in [3.05, 3.63) is 0 Å². The Morgan fingerprint density at radius 2 is 1.52 bits per heavy atom. The molecule has 0 radical (unpaired) electrons. The molecule has 11 heteroatoms. The number of esters is 1. The minimum absolute atomic E-state index is 0.0248. The lowest BCUT2D eigenvalue weighted by atomic mass is 9.41. The lowest BCUT2D eigenvalue weighted by molar-refractivity contribution is -0.317. The molecule has 2 bridgehead atoms. The first-order valence-corrected chi connectivity index (χ1v) is 18.5. The fraction of sp³-hybridized carbons (Fsp3) is 0.973. The fourth-order valence-corrected chi connectivity index (χ4v) is 14.1. The molecule has 0 aromatic rings. The molecule has 3 aliphatic heterocycles. The third-order valence-electron chi connectivity index (χ3n) is 16.4. The van der Waals surface area contributed by atoms with Crippen molar-refractivity contribution in [3.8, 4) is 0 Å². The third kappa shape index (κ3) is 3.95. The monoisotopic (exact) mass is 678 g/mol. The molecule has 5 N–H and O–H groups in total. The van der Waals surface area contributed by atoms with E-state index in [4.69, 9.17) is 23.7 Å². The molecule has 8 fully saturated rings. The number of ether oxygens (including phenoxy) is 5. The third-order valence-corrected chi connectivity index (χ3v) is 16.4. The minimum atomic E-state index is -1.32. The molecule has 3 saturated heterocycles. The molecular formula is C37H58O11. The van der Waals surface area contributed by atoms with Crippen LogP contribution >= 0.6 is 0 Å². The number of fused-ring (bicyclic) bond motifs is 4. The number of carbonyl (C=O) groups excluding carboxylic acids is 1. The average molecular weight is 679 g/mol. The van der Waals surface area contributed by atoms with Crippen LogP contribution in [0.25, 0.3) is 0 Å². The van der Waals surface area contributed by atoms with Crippen LogP contribution < -0.4 is 0 Å². The largest absolute Gasteiger partial charge is 0.459 e. The molecule has 3 spiro atoms. The molecule has 5 aliphatic carbocycles. The standard InChI is InChI=1S/C37H58O11/c1-19(38)46-26-27-32(6)12-15-37(48-32,31(4,5)43)45-18-36(27)14-13-35-17-34(35)11-10-23(47-29-25(41)24(40)20(39)16-44-29)30(2,3)21(34)8-9-22(35)33(36,7)28(26)42/h20-29,39-43H,8-18H2,1-7H3/t20-,21+,22+,23+,24+,25-,26-,27-,28-,29+,32+,33-,34-,35+,36+,37+/m1/s1. The highest BCUT2D eigenvalue weighted by Crippen LogP contribution is 2.89. The van der Waals surface area contributed by atoms with Crippen LogP contribution in [0.5, 0.6) is 0 Å². The number of aliphatic hydroxyl groups is 5. The van der Waals surface area contributed by atoms with Crippen molar-refractivity contribution in [2.45, 2.75) is 166 Å². The Balaban J connectivity index is 1.13. The smallest absolute Gasteiger partial charge is 0.303 e. The number of aliphatic hydroxyl groups excluding tert-OH is 4. The summed E-state index contributed by atoms with van der Waals surface area (Å²) in [6, 6.07) is 0. The molecule has 0 aromatic carbocycles. The summed E-state index contributed by atoms with van der Waals surface area (Å²) in [5.41, 5.74) is -3.27. The molecule has 272 valence electrons. The summed E-state index contributed by atoms with van der Waals surface area (Å²) in [5, 5.41) is 54.9. The maximum Gasteiger partial charge on any atom is 0.303 e. The highest BCUT2D eigenvalue weighted by atomic mass is 16.7. The van der Waals surface area contributed by atoms with E-state index in [9.17, 15) is 30.3 Å². The van der Waals surface area contributed by atoms with Gasteiger partial charge in [-0.05, 0) is 100 Å². The van der Waals surface area contributed by atoms with E-state index >= 15 is 0 Å². The Labute approximate surface area is 284 Å². The quantitative estimate of drug-likeness (QED) is 0.219. The van der Waals surface area contributed by atoms with Gasteiger partial charge in [-0.3, -0.25) is 4.79 Å². The maximum atomic E-state index is 12.7. The molecule has 48 heavy (non-hydrogen) atoms. The topological polar surface area (TPSA) is 164 Å². The second-order valence-electron chi connectivity index (χ2n) is 18.9. The van der Waals surface area contributed by atoms with Crippen LogP contribution in [0.15, 0.2) is 0 Å². The van der Waals surface area contributed by atoms with Gasteiger partial charge in [0.1, 0.15) is 30.0 Å². The van der Waals surface area contributed by atoms with E-state index in [0.717, 1.165) is 44.9 Å². The summed E-state index contributed by atoms with van der Waals surface area (Å²) < 4.78 is 31.9. The Hall–Kier alpha value is -0.890. The van der Waals surface area contributed by atoms with Crippen molar-refractivity contribution in [1.82, 2.24) is 0 Å². The summed E-state index contributed by atoms with van der Waals surface area (Å²) in [5.74, 6) is -1.33. The van der Waals surface area contributed by atoms with Crippen molar-refractivity contribution in [2.24, 2.45) is 44.8 Å². The van der Waals surface area contributed by atoms with Gasteiger partial charge in [0, 0.05) is 30.1 Å². The summed E-state index contributed by atoms with van der Waals surface area (Å²) in [4.78, 5) is 12.7. The van der Waals surface area contributed by atoms with Crippen molar-refractivity contribution < 1.29 is 54.0 Å². The van der Waals surface area contributed by atoms with Crippen LogP contribution in [0.4, 0.5) is 0 Å². The first kappa shape index (κ1) is 34.2. The molecule has 8 rings (SSSR count). The lowest BCUT2D eigenvalue weighted by Gasteiger charge is -2.64.